The smallest absolute Gasteiger partial charge is 0.203 e. The van der Waals surface area contributed by atoms with E-state index in [0.29, 0.717) is 16.0 Å². The summed E-state index contributed by atoms with van der Waals surface area (Å²) < 4.78 is 0. The highest BCUT2D eigenvalue weighted by atomic mass is 35.5. The van der Waals surface area contributed by atoms with Crippen LogP contribution in [0.25, 0.3) is 0 Å². The van der Waals surface area contributed by atoms with E-state index >= 15 is 0 Å². The van der Waals surface area contributed by atoms with E-state index in [1.54, 1.807) is 0 Å². The van der Waals surface area contributed by atoms with Gasteiger partial charge in [-0.3, -0.25) is 4.79 Å². The minimum atomic E-state index is -0.665. The van der Waals surface area contributed by atoms with Gasteiger partial charge in [0.15, 0.2) is 0 Å². The Morgan fingerprint density at radius 3 is 2.24 bits per heavy atom. The highest BCUT2D eigenvalue weighted by Crippen LogP contribution is 2.32. The maximum atomic E-state index is 12.6. The molecule has 4 heteroatoms. The molecule has 0 radical (unpaired) electrons. The van der Waals surface area contributed by atoms with Gasteiger partial charge < -0.3 is 0 Å². The predicted molar refractivity (Wildman–Crippen MR) is 110 cm³/mol. The second-order valence-electron chi connectivity index (χ2n) is 6.40. The average Bonchev–Trinajstić information content (AvgIpc) is 3.11. The van der Waals surface area contributed by atoms with Crippen molar-refractivity contribution in [2.24, 2.45) is 0 Å². The lowest BCUT2D eigenvalue weighted by atomic mass is 10.0. The normalized spacial score (nSPS) is 11.2. The lowest BCUT2D eigenvalue weighted by Crippen LogP contribution is -2.02. The number of halogens is 2. The zero-order valence-corrected chi connectivity index (χ0v) is 17.1. The van der Waals surface area contributed by atoms with Crippen LogP contribution in [0, 0.1) is 0 Å². The molecule has 0 amide bonds. The van der Waals surface area contributed by atoms with E-state index in [9.17, 15) is 4.79 Å². The van der Waals surface area contributed by atoms with Crippen LogP contribution in [0.2, 0.25) is 0 Å². The van der Waals surface area contributed by atoms with Gasteiger partial charge in [-0.2, -0.15) is 0 Å². The van der Waals surface area contributed by atoms with Crippen molar-refractivity contribution in [3.8, 4) is 0 Å². The average molecular weight is 397 g/mol. The second kappa shape index (κ2) is 11.0. The Hall–Kier alpha value is -0.830. The number of carbonyl (C=O) groups is 1. The lowest BCUT2D eigenvalue weighted by Gasteiger charge is -2.06. The Kier molecular flexibility index (Phi) is 9.02. The Morgan fingerprint density at radius 2 is 1.60 bits per heavy atom. The van der Waals surface area contributed by atoms with E-state index in [-0.39, 0.29) is 5.78 Å². The van der Waals surface area contributed by atoms with Gasteiger partial charge in [-0.15, -0.1) is 34.5 Å². The van der Waals surface area contributed by atoms with Crippen molar-refractivity contribution in [2.75, 3.05) is 0 Å². The topological polar surface area (TPSA) is 17.1 Å². The van der Waals surface area contributed by atoms with Crippen LogP contribution in [0.3, 0.4) is 0 Å². The fourth-order valence-corrected chi connectivity index (χ4v) is 4.31. The molecule has 0 saturated carbocycles. The highest BCUT2D eigenvalue weighted by molar-refractivity contribution is 7.12. The molecule has 0 spiro atoms. The van der Waals surface area contributed by atoms with Gasteiger partial charge in [-0.25, -0.2) is 0 Å². The number of aryl methyl sites for hydroxylation is 1. The summed E-state index contributed by atoms with van der Waals surface area (Å²) in [6, 6.07) is 9.78. The van der Waals surface area contributed by atoms with Crippen molar-refractivity contribution in [1.82, 2.24) is 0 Å². The second-order valence-corrected chi connectivity index (χ2v) is 8.42. The minimum absolute atomic E-state index is 0.00114. The third-order valence-electron chi connectivity index (χ3n) is 4.42. The third kappa shape index (κ3) is 6.44. The molecule has 1 nitrogen and oxygen atoms in total. The van der Waals surface area contributed by atoms with Gasteiger partial charge in [0.1, 0.15) is 4.84 Å². The lowest BCUT2D eigenvalue weighted by molar-refractivity contribution is 0.104. The molecule has 0 atom stereocenters. The minimum Gasteiger partial charge on any atom is -0.288 e. The van der Waals surface area contributed by atoms with Crippen LogP contribution in [0.15, 0.2) is 35.7 Å². The van der Waals surface area contributed by atoms with E-state index < -0.39 is 4.84 Å². The molecule has 0 N–H and O–H groups in total. The van der Waals surface area contributed by atoms with Crippen LogP contribution < -0.4 is 0 Å². The van der Waals surface area contributed by atoms with E-state index in [0.717, 1.165) is 6.42 Å². The number of benzene rings is 1. The van der Waals surface area contributed by atoms with Gasteiger partial charge >= 0.3 is 0 Å². The van der Waals surface area contributed by atoms with Gasteiger partial charge in [0, 0.05) is 11.1 Å². The molecular weight excluding hydrogens is 371 g/mol. The Balaban J connectivity index is 1.83. The SMILES string of the molecule is CCCCCCCCCc1ccc(C(=O)c2sccc2C(Cl)Cl)cc1. The highest BCUT2D eigenvalue weighted by Gasteiger charge is 2.18. The maximum Gasteiger partial charge on any atom is 0.203 e. The van der Waals surface area contributed by atoms with Gasteiger partial charge in [0.2, 0.25) is 5.78 Å². The molecule has 1 aromatic heterocycles. The number of ketones is 1. The first-order valence-electron chi connectivity index (χ1n) is 9.12. The van der Waals surface area contributed by atoms with Crippen molar-refractivity contribution in [1.29, 1.82) is 0 Å². The van der Waals surface area contributed by atoms with Crippen LogP contribution in [0.5, 0.6) is 0 Å². The fourth-order valence-electron chi connectivity index (χ4n) is 2.92. The van der Waals surface area contributed by atoms with Crippen LogP contribution >= 0.6 is 34.5 Å². The van der Waals surface area contributed by atoms with E-state index in [4.69, 9.17) is 23.2 Å². The van der Waals surface area contributed by atoms with Crippen molar-refractivity contribution in [3.05, 3.63) is 57.3 Å². The summed E-state index contributed by atoms with van der Waals surface area (Å²) in [7, 11) is 0. The predicted octanol–water partition coefficient (Wildman–Crippen LogP) is 7.75. The number of hydrogen-bond donors (Lipinski definition) is 0. The monoisotopic (exact) mass is 396 g/mol. The third-order valence-corrected chi connectivity index (χ3v) is 5.82. The van der Waals surface area contributed by atoms with Crippen LogP contribution in [0.1, 0.15) is 83.1 Å². The zero-order valence-electron chi connectivity index (χ0n) is 14.8. The van der Waals surface area contributed by atoms with E-state index in [1.165, 1.54) is 61.8 Å². The Labute approximate surface area is 165 Å². The van der Waals surface area contributed by atoms with Crippen LogP contribution in [-0.4, -0.2) is 5.78 Å². The number of rotatable bonds is 11. The van der Waals surface area contributed by atoms with E-state index in [1.807, 2.05) is 23.6 Å². The number of unbranched alkanes of at least 4 members (excludes halogenated alkanes) is 6. The summed E-state index contributed by atoms with van der Waals surface area (Å²) in [6.45, 7) is 2.25. The molecule has 2 rings (SSSR count). The fraction of sp³-hybridized carbons (Fsp3) is 0.476. The summed E-state index contributed by atoms with van der Waals surface area (Å²) in [6.07, 6.45) is 10.3. The van der Waals surface area contributed by atoms with Crippen LogP contribution in [-0.2, 0) is 6.42 Å². The molecule has 25 heavy (non-hydrogen) atoms. The molecule has 2 aromatic rings. The quantitative estimate of drug-likeness (QED) is 0.215. The number of hydrogen-bond acceptors (Lipinski definition) is 2. The van der Waals surface area contributed by atoms with Gasteiger partial charge in [0.25, 0.3) is 0 Å². The molecule has 136 valence electrons. The first-order valence-corrected chi connectivity index (χ1v) is 10.9. The summed E-state index contributed by atoms with van der Waals surface area (Å²) in [5, 5.41) is 1.86. The summed E-state index contributed by atoms with van der Waals surface area (Å²) in [5.41, 5.74) is 2.69. The largest absolute Gasteiger partial charge is 0.288 e. The Bertz CT molecular complexity index is 646. The summed E-state index contributed by atoms with van der Waals surface area (Å²) >= 11 is 13.3. The van der Waals surface area contributed by atoms with E-state index in [2.05, 4.69) is 19.1 Å². The number of carbonyl (C=O) groups excluding carboxylic acids is 1. The molecule has 0 aliphatic heterocycles. The molecule has 1 heterocycles. The van der Waals surface area contributed by atoms with Crippen molar-refractivity contribution in [2.45, 2.75) is 63.1 Å². The first-order chi connectivity index (χ1) is 12.1. The molecule has 1 aromatic carbocycles. The Morgan fingerprint density at radius 1 is 0.960 bits per heavy atom. The van der Waals surface area contributed by atoms with Crippen LogP contribution in [0.4, 0.5) is 0 Å². The summed E-state index contributed by atoms with van der Waals surface area (Å²) in [4.78, 5) is 12.6. The molecule has 0 bridgehead atoms. The van der Waals surface area contributed by atoms with Crippen molar-refractivity contribution >= 4 is 40.3 Å². The number of thiophene rings is 1. The van der Waals surface area contributed by atoms with Crippen molar-refractivity contribution < 1.29 is 4.79 Å². The number of alkyl halides is 2. The van der Waals surface area contributed by atoms with Gasteiger partial charge in [-0.05, 0) is 29.9 Å². The summed E-state index contributed by atoms with van der Waals surface area (Å²) in [5.74, 6) is -0.00114. The maximum absolute atomic E-state index is 12.6. The molecule has 0 saturated heterocycles. The molecule has 0 fully saturated rings. The first kappa shape index (κ1) is 20.5. The molecule has 0 aliphatic rings. The standard InChI is InChI=1S/C21H26Cl2OS/c1-2-3-4-5-6-7-8-9-16-10-12-17(13-11-16)19(24)20-18(21(22)23)14-15-25-20/h10-15,21H,2-9H2,1H3. The van der Waals surface area contributed by atoms with Crippen molar-refractivity contribution in [3.63, 3.8) is 0 Å². The molecule has 0 aliphatic carbocycles. The van der Waals surface area contributed by atoms with Gasteiger partial charge in [-0.1, -0.05) is 69.7 Å². The van der Waals surface area contributed by atoms with Gasteiger partial charge in [0.05, 0.1) is 4.88 Å². The molecule has 0 unspecified atom stereocenters. The zero-order chi connectivity index (χ0) is 18.1. The molecular formula is C21H26Cl2OS.